The Morgan fingerprint density at radius 1 is 1.47 bits per heavy atom. The molecule has 92 valence electrons. The molecule has 0 saturated carbocycles. The molecule has 0 spiro atoms. The number of hydrogen-bond donors (Lipinski definition) is 0. The Bertz CT molecular complexity index is 454. The van der Waals surface area contributed by atoms with E-state index in [-0.39, 0.29) is 17.2 Å². The first-order valence-electron chi connectivity index (χ1n) is 5.10. The topological polar surface area (TPSA) is 94.2 Å². The minimum atomic E-state index is -0.693. The molecule has 9 heteroatoms. The van der Waals surface area contributed by atoms with Crippen LogP contribution in [0.3, 0.4) is 0 Å². The minimum Gasteiger partial charge on any atom is -0.390 e. The van der Waals surface area contributed by atoms with Gasteiger partial charge < -0.3 is 15.0 Å². The normalized spacial score (nSPS) is 15.2. The maximum Gasteiger partial charge on any atom is 0.492 e. The van der Waals surface area contributed by atoms with E-state index in [2.05, 4.69) is 26.0 Å². The molecule has 0 radical (unpaired) electrons. The zero-order valence-corrected chi connectivity index (χ0v) is 10.5. The molecule has 2 heterocycles. The molecule has 8 nitrogen and oxygen atoms in total. The summed E-state index contributed by atoms with van der Waals surface area (Å²) in [6, 6.07) is 0. The summed E-state index contributed by atoms with van der Waals surface area (Å²) in [7, 11) is 0. The number of nitro groups is 1. The van der Waals surface area contributed by atoms with E-state index in [0.717, 1.165) is 25.9 Å². The van der Waals surface area contributed by atoms with Crippen LogP contribution in [0.15, 0.2) is 4.73 Å². The van der Waals surface area contributed by atoms with Crippen molar-refractivity contribution in [3.63, 3.8) is 0 Å². The molecule has 1 amide bonds. The van der Waals surface area contributed by atoms with Crippen LogP contribution < -0.4 is 0 Å². The number of aromatic nitrogens is 3. The van der Waals surface area contributed by atoms with Crippen LogP contribution in [0.1, 0.15) is 12.8 Å². The predicted molar refractivity (Wildman–Crippen MR) is 60.2 cm³/mol. The molecule has 0 N–H and O–H groups in total. The second-order valence-corrected chi connectivity index (χ2v) is 4.39. The van der Waals surface area contributed by atoms with Gasteiger partial charge in [-0.15, -0.1) is 0 Å². The maximum atomic E-state index is 11.8. The number of rotatable bonds is 3. The van der Waals surface area contributed by atoms with E-state index >= 15 is 0 Å². The average molecular weight is 304 g/mol. The second kappa shape index (κ2) is 4.78. The summed E-state index contributed by atoms with van der Waals surface area (Å²) in [5.74, 6) is -0.603. The summed E-state index contributed by atoms with van der Waals surface area (Å²) >= 11 is 3.04. The van der Waals surface area contributed by atoms with Crippen LogP contribution in [0.5, 0.6) is 0 Å². The van der Waals surface area contributed by atoms with Crippen LogP contribution in [0.25, 0.3) is 0 Å². The first-order chi connectivity index (χ1) is 8.08. The molecule has 1 aromatic heterocycles. The summed E-state index contributed by atoms with van der Waals surface area (Å²) in [6.07, 6.45) is 2.01. The molecule has 0 atom stereocenters. The van der Waals surface area contributed by atoms with Crippen LogP contribution in [-0.2, 0) is 11.3 Å². The van der Waals surface area contributed by atoms with E-state index in [4.69, 9.17) is 0 Å². The molecular formula is C8H10BrN5O3. The second-order valence-electron chi connectivity index (χ2n) is 3.68. The smallest absolute Gasteiger partial charge is 0.390 e. The van der Waals surface area contributed by atoms with Crippen molar-refractivity contribution >= 4 is 27.8 Å². The van der Waals surface area contributed by atoms with E-state index in [9.17, 15) is 14.9 Å². The van der Waals surface area contributed by atoms with Gasteiger partial charge in [0.15, 0.2) is 0 Å². The van der Waals surface area contributed by atoms with E-state index in [1.807, 2.05) is 0 Å². The monoisotopic (exact) mass is 303 g/mol. The summed E-state index contributed by atoms with van der Waals surface area (Å²) in [5, 5.41) is 14.1. The lowest BCUT2D eigenvalue weighted by atomic mass is 10.4. The number of carbonyl (C=O) groups excluding carboxylic acids is 1. The van der Waals surface area contributed by atoms with Crippen molar-refractivity contribution in [2.45, 2.75) is 19.4 Å². The SMILES string of the molecule is O=C(Cn1nc([N+](=O)[O-])nc1Br)N1CCCC1. The van der Waals surface area contributed by atoms with Crippen LogP contribution in [0, 0.1) is 10.1 Å². The fourth-order valence-corrected chi connectivity index (χ4v) is 2.05. The molecule has 1 aromatic rings. The molecule has 17 heavy (non-hydrogen) atoms. The van der Waals surface area contributed by atoms with Gasteiger partial charge in [0, 0.05) is 34.1 Å². The molecular weight excluding hydrogens is 294 g/mol. The van der Waals surface area contributed by atoms with Gasteiger partial charge in [-0.1, -0.05) is 0 Å². The Morgan fingerprint density at radius 3 is 2.65 bits per heavy atom. The summed E-state index contributed by atoms with van der Waals surface area (Å²) in [4.78, 5) is 26.9. The molecule has 0 aromatic carbocycles. The summed E-state index contributed by atoms with van der Waals surface area (Å²) in [5.41, 5.74) is 0. The van der Waals surface area contributed by atoms with Crippen molar-refractivity contribution in [3.8, 4) is 0 Å². The van der Waals surface area contributed by atoms with E-state index in [1.165, 1.54) is 4.68 Å². The highest BCUT2D eigenvalue weighted by Gasteiger charge is 2.24. The molecule has 1 aliphatic heterocycles. The van der Waals surface area contributed by atoms with Crippen molar-refractivity contribution in [2.75, 3.05) is 13.1 Å². The molecule has 0 unspecified atom stereocenters. The van der Waals surface area contributed by atoms with Gasteiger partial charge in [-0.05, 0) is 22.7 Å². The highest BCUT2D eigenvalue weighted by atomic mass is 79.9. The lowest BCUT2D eigenvalue weighted by Crippen LogP contribution is -2.31. The number of halogens is 1. The number of hydrogen-bond acceptors (Lipinski definition) is 5. The van der Waals surface area contributed by atoms with Crippen LogP contribution in [-0.4, -0.2) is 43.6 Å². The molecule has 2 rings (SSSR count). The summed E-state index contributed by atoms with van der Waals surface area (Å²) < 4.78 is 1.38. The van der Waals surface area contributed by atoms with Crippen molar-refractivity contribution in [1.29, 1.82) is 0 Å². The van der Waals surface area contributed by atoms with Gasteiger partial charge in [-0.25, -0.2) is 0 Å². The third kappa shape index (κ3) is 2.60. The van der Waals surface area contributed by atoms with Crippen LogP contribution >= 0.6 is 15.9 Å². The van der Waals surface area contributed by atoms with Crippen LogP contribution in [0.2, 0.25) is 0 Å². The molecule has 0 aliphatic carbocycles. The molecule has 1 fully saturated rings. The third-order valence-corrected chi connectivity index (χ3v) is 3.11. The zero-order chi connectivity index (χ0) is 12.4. The minimum absolute atomic E-state index is 0.0264. The van der Waals surface area contributed by atoms with Gasteiger partial charge >= 0.3 is 5.95 Å². The van der Waals surface area contributed by atoms with Gasteiger partial charge in [0.2, 0.25) is 5.91 Å². The maximum absolute atomic E-state index is 11.8. The summed E-state index contributed by atoms with van der Waals surface area (Å²) in [6.45, 7) is 1.46. The number of amides is 1. The van der Waals surface area contributed by atoms with E-state index in [1.54, 1.807) is 4.90 Å². The van der Waals surface area contributed by atoms with Crippen LogP contribution in [0.4, 0.5) is 5.95 Å². The fraction of sp³-hybridized carbons (Fsp3) is 0.625. The van der Waals surface area contributed by atoms with E-state index < -0.39 is 10.9 Å². The molecule has 1 aliphatic rings. The number of carbonyl (C=O) groups is 1. The Hall–Kier alpha value is -1.51. The Kier molecular flexibility index (Phi) is 3.36. The average Bonchev–Trinajstić information content (AvgIpc) is 2.88. The molecule has 1 saturated heterocycles. The van der Waals surface area contributed by atoms with Gasteiger partial charge in [0.25, 0.3) is 4.73 Å². The zero-order valence-electron chi connectivity index (χ0n) is 8.87. The highest BCUT2D eigenvalue weighted by Crippen LogP contribution is 2.13. The van der Waals surface area contributed by atoms with Gasteiger partial charge in [0.1, 0.15) is 6.54 Å². The van der Waals surface area contributed by atoms with Crippen molar-refractivity contribution in [2.24, 2.45) is 0 Å². The fourth-order valence-electron chi connectivity index (χ4n) is 1.68. The lowest BCUT2D eigenvalue weighted by molar-refractivity contribution is -0.394. The van der Waals surface area contributed by atoms with Crippen molar-refractivity contribution in [1.82, 2.24) is 19.7 Å². The Balaban J connectivity index is 2.07. The Labute approximate surface area is 105 Å². The Morgan fingerprint density at radius 2 is 2.12 bits per heavy atom. The van der Waals surface area contributed by atoms with Gasteiger partial charge in [-0.2, -0.15) is 4.68 Å². The lowest BCUT2D eigenvalue weighted by Gasteiger charge is -2.13. The predicted octanol–water partition coefficient (Wildman–Crippen LogP) is 0.571. The van der Waals surface area contributed by atoms with Gasteiger partial charge in [-0.3, -0.25) is 4.79 Å². The third-order valence-electron chi connectivity index (χ3n) is 2.52. The van der Waals surface area contributed by atoms with E-state index in [0.29, 0.717) is 0 Å². The van der Waals surface area contributed by atoms with Crippen molar-refractivity contribution < 1.29 is 9.72 Å². The molecule has 0 bridgehead atoms. The quantitative estimate of drug-likeness (QED) is 0.601. The largest absolute Gasteiger partial charge is 0.492 e. The van der Waals surface area contributed by atoms with Gasteiger partial charge in [0.05, 0.1) is 0 Å². The van der Waals surface area contributed by atoms with Crippen molar-refractivity contribution in [3.05, 3.63) is 14.8 Å². The highest BCUT2D eigenvalue weighted by molar-refractivity contribution is 9.10. The number of nitrogens with zero attached hydrogens (tertiary/aromatic N) is 5. The first kappa shape index (κ1) is 12.0. The number of likely N-dealkylation sites (tertiary alicyclic amines) is 1. The first-order valence-corrected chi connectivity index (χ1v) is 5.90. The standard InChI is InChI=1S/C8H10BrN5O3/c9-7-10-8(14(16)17)11-13(7)5-6(15)12-3-1-2-4-12/h1-5H2.